The maximum absolute atomic E-state index is 13.9. The molecule has 0 radical (unpaired) electrons. The number of aromatic nitrogens is 3. The van der Waals surface area contributed by atoms with E-state index in [4.69, 9.17) is 4.74 Å². The molecule has 10 nitrogen and oxygen atoms in total. The number of H-pyrrole nitrogens is 1. The van der Waals surface area contributed by atoms with Gasteiger partial charge in [-0.15, -0.1) is 0 Å². The first-order chi connectivity index (χ1) is 21.8. The van der Waals surface area contributed by atoms with Crippen molar-refractivity contribution < 1.29 is 22.7 Å². The molecule has 1 unspecified atom stereocenters. The Kier molecular flexibility index (Phi) is 9.45. The molecule has 5 heterocycles. The molecule has 13 heteroatoms. The summed E-state index contributed by atoms with van der Waals surface area (Å²) in [5.74, 6) is 0.786. The standard InChI is InChI=1S/C33H40F3N7O3/c1-20-16-28(46-6)26(32(45)39-20)18-38-31(44)25-17-27-23(24-8-7-10-37-30(24)40(4)5)9-11-43(27)29(21(25)2)22(3)42-14-12-41(13-15-42)19-33(34,35)36/h7-11,16-17,22H,12-15,18-19H2,1-6H3,(H,38,44)(H,39,45). The molecule has 2 N–H and O–H groups in total. The van der Waals surface area contributed by atoms with Crippen LogP contribution in [-0.2, 0) is 6.54 Å². The van der Waals surface area contributed by atoms with Crippen LogP contribution in [0.25, 0.3) is 16.6 Å². The zero-order chi connectivity index (χ0) is 33.3. The van der Waals surface area contributed by atoms with Crippen molar-refractivity contribution in [3.05, 3.63) is 81.2 Å². The van der Waals surface area contributed by atoms with Crippen molar-refractivity contribution in [2.24, 2.45) is 0 Å². The summed E-state index contributed by atoms with van der Waals surface area (Å²) in [5, 5.41) is 2.91. The van der Waals surface area contributed by atoms with Gasteiger partial charge in [0.2, 0.25) is 0 Å². The quantitative estimate of drug-likeness (QED) is 0.277. The van der Waals surface area contributed by atoms with E-state index >= 15 is 0 Å². The van der Waals surface area contributed by atoms with E-state index in [2.05, 4.69) is 24.6 Å². The number of nitrogens with zero attached hydrogens (tertiary/aromatic N) is 5. The van der Waals surface area contributed by atoms with E-state index in [1.165, 1.54) is 12.0 Å². The Morgan fingerprint density at radius 1 is 1.13 bits per heavy atom. The van der Waals surface area contributed by atoms with Crippen molar-refractivity contribution in [2.75, 3.05) is 58.8 Å². The third kappa shape index (κ3) is 6.75. The van der Waals surface area contributed by atoms with Crippen LogP contribution in [0.1, 0.15) is 45.8 Å². The fraction of sp³-hybridized carbons (Fsp3) is 0.424. The molecule has 1 atom stereocenters. The molecule has 0 aliphatic carbocycles. The number of ether oxygens (including phenoxy) is 1. The summed E-state index contributed by atoms with van der Waals surface area (Å²) in [6.07, 6.45) is -0.549. The van der Waals surface area contributed by atoms with Gasteiger partial charge in [-0.3, -0.25) is 19.4 Å². The summed E-state index contributed by atoms with van der Waals surface area (Å²) < 4.78 is 46.6. The summed E-state index contributed by atoms with van der Waals surface area (Å²) in [5.41, 5.74) is 5.19. The molecule has 0 bridgehead atoms. The summed E-state index contributed by atoms with van der Waals surface area (Å²) >= 11 is 0. The lowest BCUT2D eigenvalue weighted by atomic mass is 9.98. The number of fused-ring (bicyclic) bond motifs is 1. The van der Waals surface area contributed by atoms with Gasteiger partial charge in [0.25, 0.3) is 11.5 Å². The van der Waals surface area contributed by atoms with Crippen molar-refractivity contribution in [3.63, 3.8) is 0 Å². The van der Waals surface area contributed by atoms with Crippen LogP contribution in [0.15, 0.2) is 47.5 Å². The highest BCUT2D eigenvalue weighted by Gasteiger charge is 2.34. The van der Waals surface area contributed by atoms with Crippen molar-refractivity contribution in [1.29, 1.82) is 0 Å². The number of rotatable bonds is 9. The van der Waals surface area contributed by atoms with E-state index in [-0.39, 0.29) is 37.1 Å². The van der Waals surface area contributed by atoms with E-state index in [0.717, 1.165) is 33.7 Å². The predicted molar refractivity (Wildman–Crippen MR) is 172 cm³/mol. The number of hydrogen-bond acceptors (Lipinski definition) is 7. The van der Waals surface area contributed by atoms with Crippen molar-refractivity contribution in [2.45, 2.75) is 39.5 Å². The van der Waals surface area contributed by atoms with Gasteiger partial charge in [-0.05, 0) is 56.7 Å². The molecule has 1 fully saturated rings. The number of pyridine rings is 3. The Hall–Kier alpha value is -4.36. The van der Waals surface area contributed by atoms with Gasteiger partial charge in [0, 0.05) is 86.8 Å². The second kappa shape index (κ2) is 13.2. The van der Waals surface area contributed by atoms with E-state index in [0.29, 0.717) is 35.7 Å². The van der Waals surface area contributed by atoms with Crippen LogP contribution in [0.2, 0.25) is 0 Å². The minimum atomic E-state index is -4.25. The van der Waals surface area contributed by atoms with E-state index in [1.807, 2.05) is 63.3 Å². The lowest BCUT2D eigenvalue weighted by Crippen LogP contribution is -2.49. The molecule has 246 valence electrons. The molecule has 0 aromatic carbocycles. The van der Waals surface area contributed by atoms with Gasteiger partial charge < -0.3 is 24.3 Å². The van der Waals surface area contributed by atoms with Crippen LogP contribution in [-0.4, -0.2) is 90.2 Å². The van der Waals surface area contributed by atoms with Crippen molar-refractivity contribution in [3.8, 4) is 16.9 Å². The number of carbonyl (C=O) groups is 1. The molecule has 5 rings (SSSR count). The highest BCUT2D eigenvalue weighted by Crippen LogP contribution is 2.36. The molecule has 1 saturated heterocycles. The Morgan fingerprint density at radius 3 is 2.50 bits per heavy atom. The number of methoxy groups -OCH3 is 1. The molecule has 0 saturated carbocycles. The topological polar surface area (TPSA) is 98.2 Å². The third-order valence-electron chi connectivity index (χ3n) is 8.63. The van der Waals surface area contributed by atoms with Crippen LogP contribution < -0.4 is 20.5 Å². The highest BCUT2D eigenvalue weighted by molar-refractivity contribution is 5.99. The minimum Gasteiger partial charge on any atom is -0.496 e. The maximum Gasteiger partial charge on any atom is 0.401 e. The fourth-order valence-electron chi connectivity index (χ4n) is 6.34. The monoisotopic (exact) mass is 639 g/mol. The predicted octanol–water partition coefficient (Wildman–Crippen LogP) is 4.55. The molecule has 4 aromatic heterocycles. The number of halogens is 3. The highest BCUT2D eigenvalue weighted by atomic mass is 19.4. The Morgan fingerprint density at radius 2 is 1.85 bits per heavy atom. The van der Waals surface area contributed by atoms with Gasteiger partial charge in [-0.1, -0.05) is 0 Å². The molecule has 46 heavy (non-hydrogen) atoms. The summed E-state index contributed by atoms with van der Waals surface area (Å²) in [4.78, 5) is 39.5. The second-order valence-electron chi connectivity index (χ2n) is 11.9. The van der Waals surface area contributed by atoms with E-state index in [1.54, 1.807) is 19.2 Å². The van der Waals surface area contributed by atoms with E-state index in [9.17, 15) is 22.8 Å². The van der Waals surface area contributed by atoms with Gasteiger partial charge in [-0.25, -0.2) is 4.98 Å². The van der Waals surface area contributed by atoms with Gasteiger partial charge in [0.1, 0.15) is 11.6 Å². The van der Waals surface area contributed by atoms with Crippen LogP contribution in [0.3, 0.4) is 0 Å². The molecule has 0 spiro atoms. The number of amides is 1. The zero-order valence-electron chi connectivity index (χ0n) is 27.0. The molecular formula is C33H40F3N7O3. The van der Waals surface area contributed by atoms with Crippen LogP contribution >= 0.6 is 0 Å². The first kappa shape index (κ1) is 33.0. The first-order valence-corrected chi connectivity index (χ1v) is 15.1. The molecular weight excluding hydrogens is 599 g/mol. The number of anilines is 1. The number of piperazine rings is 1. The number of aromatic amines is 1. The average molecular weight is 640 g/mol. The maximum atomic E-state index is 13.9. The second-order valence-corrected chi connectivity index (χ2v) is 11.9. The van der Waals surface area contributed by atoms with Crippen molar-refractivity contribution in [1.82, 2.24) is 29.5 Å². The first-order valence-electron chi connectivity index (χ1n) is 15.1. The summed E-state index contributed by atoms with van der Waals surface area (Å²) in [6.45, 7) is 6.17. The van der Waals surface area contributed by atoms with Crippen LogP contribution in [0, 0.1) is 13.8 Å². The molecule has 1 aliphatic heterocycles. The summed E-state index contributed by atoms with van der Waals surface area (Å²) in [6, 6.07) is 9.18. The molecule has 4 aromatic rings. The van der Waals surface area contributed by atoms with Gasteiger partial charge in [-0.2, -0.15) is 13.2 Å². The summed E-state index contributed by atoms with van der Waals surface area (Å²) in [7, 11) is 5.31. The van der Waals surface area contributed by atoms with Crippen molar-refractivity contribution >= 4 is 17.2 Å². The average Bonchev–Trinajstić information content (AvgIpc) is 3.42. The number of hydrogen-bond donors (Lipinski definition) is 2. The number of nitrogens with one attached hydrogen (secondary N) is 2. The Balaban J connectivity index is 1.56. The van der Waals surface area contributed by atoms with Crippen LogP contribution in [0.5, 0.6) is 5.75 Å². The lowest BCUT2D eigenvalue weighted by Gasteiger charge is -2.39. The fourth-order valence-corrected chi connectivity index (χ4v) is 6.34. The van der Waals surface area contributed by atoms with Gasteiger partial charge >= 0.3 is 6.18 Å². The Labute approximate surface area is 265 Å². The largest absolute Gasteiger partial charge is 0.496 e. The van der Waals surface area contributed by atoms with Crippen LogP contribution in [0.4, 0.5) is 19.0 Å². The minimum absolute atomic E-state index is 0.0461. The van der Waals surface area contributed by atoms with E-state index < -0.39 is 12.7 Å². The molecule has 1 aliphatic rings. The number of aryl methyl sites for hydroxylation is 1. The van der Waals surface area contributed by atoms with Gasteiger partial charge in [0.05, 0.1) is 31.3 Å². The third-order valence-corrected chi connectivity index (χ3v) is 8.63. The zero-order valence-corrected chi connectivity index (χ0v) is 27.0. The smallest absolute Gasteiger partial charge is 0.401 e. The Bertz CT molecular complexity index is 1790. The normalized spacial score (nSPS) is 15.2. The SMILES string of the molecule is COc1cc(C)[nH]c(=O)c1CNC(=O)c1cc2c(-c3cccnc3N(C)C)ccn2c(C(C)N2CCN(CC(F)(F)F)CC2)c1C. The van der Waals surface area contributed by atoms with Gasteiger partial charge in [0.15, 0.2) is 0 Å². The number of carbonyl (C=O) groups excluding carboxylic acids is 1. The molecule has 1 amide bonds. The lowest BCUT2D eigenvalue weighted by molar-refractivity contribution is -0.149. The number of alkyl halides is 3.